The van der Waals surface area contributed by atoms with E-state index in [4.69, 9.17) is 9.47 Å². The summed E-state index contributed by atoms with van der Waals surface area (Å²) in [4.78, 5) is 25.5. The van der Waals surface area contributed by atoms with Crippen LogP contribution < -0.4 is 14.8 Å². The fourth-order valence-corrected chi connectivity index (χ4v) is 6.51. The maximum atomic E-state index is 13.4. The minimum absolute atomic E-state index is 0.155. The van der Waals surface area contributed by atoms with Gasteiger partial charge < -0.3 is 29.6 Å². The fourth-order valence-electron chi connectivity index (χ4n) is 6.51. The van der Waals surface area contributed by atoms with Gasteiger partial charge in [-0.2, -0.15) is 0 Å². The van der Waals surface area contributed by atoms with Gasteiger partial charge in [0, 0.05) is 28.1 Å². The number of phenolic OH excluding ortho intramolecular Hbond substituents is 1. The van der Waals surface area contributed by atoms with E-state index >= 15 is 0 Å². The van der Waals surface area contributed by atoms with Gasteiger partial charge in [0.2, 0.25) is 0 Å². The fraction of sp³-hybridized carbons (Fsp3) is 0.353. The molecule has 4 aromatic rings. The molecule has 0 radical (unpaired) electrons. The van der Waals surface area contributed by atoms with Crippen molar-refractivity contribution >= 4 is 22.8 Å². The van der Waals surface area contributed by atoms with Gasteiger partial charge in [0.15, 0.2) is 0 Å². The van der Waals surface area contributed by atoms with Gasteiger partial charge in [0.25, 0.3) is 5.91 Å². The highest BCUT2D eigenvalue weighted by molar-refractivity contribution is 6.02. The van der Waals surface area contributed by atoms with Crippen LogP contribution in [0.25, 0.3) is 22.2 Å². The number of aryl methyl sites for hydroxylation is 1. The lowest BCUT2D eigenvalue weighted by molar-refractivity contribution is -0.139. The SMILES string of the molecule is COc1ccc2c(c1)OCCn1c-2c(C2CCCCC2)c2ccc(C(=O)N[C@@H](CCc3ccc(O)cc3)C(=O)O)cc21. The molecule has 218 valence electrons. The van der Waals surface area contributed by atoms with Crippen LogP contribution in [0.15, 0.2) is 60.7 Å². The predicted octanol–water partition coefficient (Wildman–Crippen LogP) is 6.28. The molecule has 3 N–H and O–H groups in total. The zero-order valence-electron chi connectivity index (χ0n) is 23.8. The Bertz CT molecular complexity index is 1620. The Kier molecular flexibility index (Phi) is 7.78. The van der Waals surface area contributed by atoms with Crippen LogP contribution in [0.2, 0.25) is 0 Å². The summed E-state index contributed by atoms with van der Waals surface area (Å²) in [6.45, 7) is 1.11. The number of methoxy groups -OCH3 is 1. The molecule has 0 bridgehead atoms. The van der Waals surface area contributed by atoms with E-state index in [1.807, 2.05) is 30.3 Å². The second kappa shape index (κ2) is 11.8. The molecule has 1 aliphatic heterocycles. The van der Waals surface area contributed by atoms with Crippen LogP contribution in [0.4, 0.5) is 0 Å². The molecule has 1 amide bonds. The van der Waals surface area contributed by atoms with Crippen molar-refractivity contribution in [1.82, 2.24) is 9.88 Å². The van der Waals surface area contributed by atoms with E-state index in [1.54, 1.807) is 31.4 Å². The van der Waals surface area contributed by atoms with E-state index in [2.05, 4.69) is 16.0 Å². The number of nitrogens with one attached hydrogen (secondary N) is 1. The summed E-state index contributed by atoms with van der Waals surface area (Å²) >= 11 is 0. The van der Waals surface area contributed by atoms with Crippen molar-refractivity contribution in [3.05, 3.63) is 77.4 Å². The first-order valence-electron chi connectivity index (χ1n) is 14.7. The molecule has 2 aliphatic rings. The highest BCUT2D eigenvalue weighted by Crippen LogP contribution is 2.47. The average molecular weight is 569 g/mol. The number of aliphatic carboxylic acids is 1. The van der Waals surface area contributed by atoms with E-state index in [9.17, 15) is 19.8 Å². The highest BCUT2D eigenvalue weighted by atomic mass is 16.5. The summed E-state index contributed by atoms with van der Waals surface area (Å²) in [5.74, 6) is 0.616. The van der Waals surface area contributed by atoms with Crippen LogP contribution in [0.3, 0.4) is 0 Å². The third-order valence-corrected chi connectivity index (χ3v) is 8.66. The number of amides is 1. The monoisotopic (exact) mass is 568 g/mol. The highest BCUT2D eigenvalue weighted by Gasteiger charge is 2.30. The number of benzene rings is 3. The normalized spacial score (nSPS) is 15.6. The molecule has 6 rings (SSSR count). The first-order chi connectivity index (χ1) is 20.4. The Morgan fingerprint density at radius 3 is 2.57 bits per heavy atom. The van der Waals surface area contributed by atoms with Crippen molar-refractivity contribution in [2.75, 3.05) is 13.7 Å². The molecule has 0 saturated heterocycles. The van der Waals surface area contributed by atoms with Gasteiger partial charge in [0.1, 0.15) is 29.9 Å². The number of carbonyl (C=O) groups is 2. The lowest BCUT2D eigenvalue weighted by atomic mass is 9.81. The number of hydrogen-bond acceptors (Lipinski definition) is 5. The second-order valence-corrected chi connectivity index (χ2v) is 11.3. The Morgan fingerprint density at radius 2 is 1.83 bits per heavy atom. The lowest BCUT2D eigenvalue weighted by Crippen LogP contribution is -2.41. The summed E-state index contributed by atoms with van der Waals surface area (Å²) in [5.41, 5.74) is 5.75. The van der Waals surface area contributed by atoms with Crippen molar-refractivity contribution in [2.24, 2.45) is 0 Å². The third kappa shape index (κ3) is 5.41. The third-order valence-electron chi connectivity index (χ3n) is 8.66. The first kappa shape index (κ1) is 27.7. The first-order valence-corrected chi connectivity index (χ1v) is 14.7. The second-order valence-electron chi connectivity index (χ2n) is 11.3. The smallest absolute Gasteiger partial charge is 0.326 e. The molecule has 3 aromatic carbocycles. The van der Waals surface area contributed by atoms with E-state index in [-0.39, 0.29) is 12.2 Å². The molecule has 1 saturated carbocycles. The van der Waals surface area contributed by atoms with Crippen molar-refractivity contribution < 1.29 is 29.3 Å². The molecule has 1 aliphatic carbocycles. The number of phenols is 1. The van der Waals surface area contributed by atoms with Crippen LogP contribution >= 0.6 is 0 Å². The number of carboxylic acids is 1. The van der Waals surface area contributed by atoms with Gasteiger partial charge in [-0.25, -0.2) is 4.79 Å². The Labute approximate surface area is 244 Å². The molecular weight excluding hydrogens is 532 g/mol. The summed E-state index contributed by atoms with van der Waals surface area (Å²) in [7, 11) is 1.65. The number of ether oxygens (including phenoxy) is 2. The summed E-state index contributed by atoms with van der Waals surface area (Å²) in [5, 5.41) is 23.2. The van der Waals surface area contributed by atoms with Gasteiger partial charge in [-0.15, -0.1) is 0 Å². The van der Waals surface area contributed by atoms with Gasteiger partial charge in [-0.05, 0) is 79.1 Å². The number of aromatic hydroxyl groups is 1. The van der Waals surface area contributed by atoms with Crippen LogP contribution in [-0.2, 0) is 17.8 Å². The summed E-state index contributed by atoms with van der Waals surface area (Å²) in [6.07, 6.45) is 6.59. The molecule has 0 unspecified atom stereocenters. The largest absolute Gasteiger partial charge is 0.508 e. The number of hydrogen-bond donors (Lipinski definition) is 3. The van der Waals surface area contributed by atoms with Gasteiger partial charge in [-0.3, -0.25) is 4.79 Å². The van der Waals surface area contributed by atoms with E-state index in [0.29, 0.717) is 31.1 Å². The van der Waals surface area contributed by atoms with Crippen molar-refractivity contribution in [1.29, 1.82) is 0 Å². The summed E-state index contributed by atoms with van der Waals surface area (Å²) < 4.78 is 13.9. The molecular formula is C34H36N2O6. The number of carboxylic acid groups (broad SMARTS) is 1. The Morgan fingerprint density at radius 1 is 1.05 bits per heavy atom. The van der Waals surface area contributed by atoms with Crippen molar-refractivity contribution in [2.45, 2.75) is 63.5 Å². The maximum absolute atomic E-state index is 13.4. The number of rotatable bonds is 8. The van der Waals surface area contributed by atoms with Crippen molar-refractivity contribution in [3.63, 3.8) is 0 Å². The van der Waals surface area contributed by atoms with Crippen LogP contribution in [0, 0.1) is 0 Å². The van der Waals surface area contributed by atoms with Crippen molar-refractivity contribution in [3.8, 4) is 28.5 Å². The number of fused-ring (bicyclic) bond motifs is 5. The van der Waals surface area contributed by atoms with Gasteiger partial charge >= 0.3 is 5.97 Å². The molecule has 0 spiro atoms. The number of carbonyl (C=O) groups excluding carboxylic acids is 1. The molecule has 1 fully saturated rings. The average Bonchev–Trinajstić information content (AvgIpc) is 3.21. The molecule has 1 atom stereocenters. The van der Waals surface area contributed by atoms with E-state index < -0.39 is 17.9 Å². The topological polar surface area (TPSA) is 110 Å². The van der Waals surface area contributed by atoms with Gasteiger partial charge in [0.05, 0.1) is 19.3 Å². The lowest BCUT2D eigenvalue weighted by Gasteiger charge is -2.23. The molecule has 1 aromatic heterocycles. The zero-order valence-corrected chi connectivity index (χ0v) is 23.8. The molecule has 42 heavy (non-hydrogen) atoms. The molecule has 2 heterocycles. The zero-order chi connectivity index (χ0) is 29.2. The summed E-state index contributed by atoms with van der Waals surface area (Å²) in [6, 6.07) is 17.3. The minimum atomic E-state index is -1.08. The van der Waals surface area contributed by atoms with Crippen LogP contribution in [0.5, 0.6) is 17.2 Å². The number of aromatic nitrogens is 1. The van der Waals surface area contributed by atoms with Gasteiger partial charge in [-0.1, -0.05) is 37.5 Å². The molecule has 8 nitrogen and oxygen atoms in total. The maximum Gasteiger partial charge on any atom is 0.326 e. The standard InChI is InChI=1S/C34H36N2O6/c1-41-25-13-15-27-30(20-25)42-18-17-36-29-19-23(10-14-26(29)31(32(27)36)22-5-3-2-4-6-22)33(38)35-28(34(39)40)16-9-21-7-11-24(37)12-8-21/h7-8,10-15,19-20,22,28,37H,2-6,9,16-18H2,1H3,(H,35,38)(H,39,40)/t28-/m0/s1. The van der Waals surface area contributed by atoms with E-state index in [0.717, 1.165) is 52.1 Å². The quantitative estimate of drug-likeness (QED) is 0.231. The number of nitrogens with zero attached hydrogens (tertiary/aromatic N) is 1. The Hall–Kier alpha value is -4.46. The molecule has 8 heteroatoms. The predicted molar refractivity (Wildman–Crippen MR) is 161 cm³/mol. The minimum Gasteiger partial charge on any atom is -0.508 e. The van der Waals surface area contributed by atoms with E-state index in [1.165, 1.54) is 24.8 Å². The van der Waals surface area contributed by atoms with Crippen LogP contribution in [-0.4, -0.2) is 46.4 Å². The Balaban J connectivity index is 1.36. The van der Waals surface area contributed by atoms with Crippen LogP contribution in [0.1, 0.15) is 65.9 Å².